The van der Waals surface area contributed by atoms with Crippen molar-refractivity contribution in [1.29, 1.82) is 0 Å². The molecule has 0 radical (unpaired) electrons. The van der Waals surface area contributed by atoms with Crippen molar-refractivity contribution in [3.8, 4) is 23.8 Å². The highest BCUT2D eigenvalue weighted by molar-refractivity contribution is 5.47. The SMILES string of the molecule is C#Cc1ccc(OCC2CCOCC2)c(OC)c1. The molecule has 0 aromatic heterocycles. The van der Waals surface area contributed by atoms with Gasteiger partial charge in [-0.1, -0.05) is 5.92 Å². The first kappa shape index (κ1) is 12.8. The standard InChI is InChI=1S/C15H18O3/c1-3-12-4-5-14(15(10-12)16-2)18-11-13-6-8-17-9-7-13/h1,4-5,10,13H,6-9,11H2,2H3. The molecule has 0 atom stereocenters. The van der Waals surface area contributed by atoms with Gasteiger partial charge in [0.15, 0.2) is 11.5 Å². The van der Waals surface area contributed by atoms with E-state index in [0.717, 1.165) is 37.4 Å². The minimum Gasteiger partial charge on any atom is -0.493 e. The molecule has 0 aliphatic carbocycles. The quantitative estimate of drug-likeness (QED) is 0.764. The van der Waals surface area contributed by atoms with Crippen molar-refractivity contribution in [2.45, 2.75) is 12.8 Å². The molecule has 1 saturated heterocycles. The van der Waals surface area contributed by atoms with Gasteiger partial charge in [0.25, 0.3) is 0 Å². The summed E-state index contributed by atoms with van der Waals surface area (Å²) in [5, 5.41) is 0. The van der Waals surface area contributed by atoms with Crippen molar-refractivity contribution in [3.63, 3.8) is 0 Å². The molecular weight excluding hydrogens is 228 g/mol. The van der Waals surface area contributed by atoms with Crippen LogP contribution in [-0.4, -0.2) is 26.9 Å². The second-order valence-electron chi connectivity index (χ2n) is 4.38. The maximum absolute atomic E-state index is 5.82. The van der Waals surface area contributed by atoms with Crippen LogP contribution < -0.4 is 9.47 Å². The van der Waals surface area contributed by atoms with Crippen LogP contribution in [0.5, 0.6) is 11.5 Å². The van der Waals surface area contributed by atoms with Gasteiger partial charge in [0, 0.05) is 18.8 Å². The van der Waals surface area contributed by atoms with Gasteiger partial charge in [-0.25, -0.2) is 0 Å². The van der Waals surface area contributed by atoms with Gasteiger partial charge in [0.2, 0.25) is 0 Å². The smallest absolute Gasteiger partial charge is 0.161 e. The predicted octanol–water partition coefficient (Wildman–Crippen LogP) is 2.48. The van der Waals surface area contributed by atoms with Crippen LogP contribution in [-0.2, 0) is 4.74 Å². The molecule has 3 nitrogen and oxygen atoms in total. The normalized spacial score (nSPS) is 16.0. The lowest BCUT2D eigenvalue weighted by Crippen LogP contribution is -2.21. The van der Waals surface area contributed by atoms with E-state index in [-0.39, 0.29) is 0 Å². The Bertz CT molecular complexity index is 428. The van der Waals surface area contributed by atoms with Crippen molar-refractivity contribution in [2.75, 3.05) is 26.9 Å². The molecule has 1 heterocycles. The van der Waals surface area contributed by atoms with Crippen LogP contribution >= 0.6 is 0 Å². The van der Waals surface area contributed by atoms with E-state index >= 15 is 0 Å². The van der Waals surface area contributed by atoms with E-state index in [4.69, 9.17) is 20.6 Å². The first-order chi connectivity index (χ1) is 8.83. The number of hydrogen-bond donors (Lipinski definition) is 0. The van der Waals surface area contributed by atoms with E-state index in [9.17, 15) is 0 Å². The molecule has 3 heteroatoms. The van der Waals surface area contributed by atoms with Crippen LogP contribution in [0.3, 0.4) is 0 Å². The van der Waals surface area contributed by atoms with Crippen LogP contribution in [0.2, 0.25) is 0 Å². The molecule has 0 unspecified atom stereocenters. The largest absolute Gasteiger partial charge is 0.493 e. The van der Waals surface area contributed by atoms with Gasteiger partial charge in [0.05, 0.1) is 13.7 Å². The zero-order valence-electron chi connectivity index (χ0n) is 10.6. The summed E-state index contributed by atoms with van der Waals surface area (Å²) >= 11 is 0. The summed E-state index contributed by atoms with van der Waals surface area (Å²) in [7, 11) is 1.62. The molecule has 0 saturated carbocycles. The predicted molar refractivity (Wildman–Crippen MR) is 70.0 cm³/mol. The van der Waals surface area contributed by atoms with Gasteiger partial charge in [0.1, 0.15) is 0 Å². The molecule has 0 spiro atoms. The maximum atomic E-state index is 5.82. The minimum absolute atomic E-state index is 0.566. The first-order valence-electron chi connectivity index (χ1n) is 6.18. The van der Waals surface area contributed by atoms with Crippen LogP contribution in [0.4, 0.5) is 0 Å². The Morgan fingerprint density at radius 3 is 2.78 bits per heavy atom. The highest BCUT2D eigenvalue weighted by Gasteiger charge is 2.15. The monoisotopic (exact) mass is 246 g/mol. The maximum Gasteiger partial charge on any atom is 0.161 e. The molecule has 2 rings (SSSR count). The average molecular weight is 246 g/mol. The minimum atomic E-state index is 0.566. The van der Waals surface area contributed by atoms with Gasteiger partial charge in [-0.2, -0.15) is 0 Å². The molecule has 18 heavy (non-hydrogen) atoms. The van der Waals surface area contributed by atoms with Gasteiger partial charge in [-0.15, -0.1) is 6.42 Å². The van der Waals surface area contributed by atoms with Crippen molar-refractivity contribution in [1.82, 2.24) is 0 Å². The Kier molecular flexibility index (Phi) is 4.49. The first-order valence-corrected chi connectivity index (χ1v) is 6.18. The number of ether oxygens (including phenoxy) is 3. The summed E-state index contributed by atoms with van der Waals surface area (Å²) < 4.78 is 16.4. The highest BCUT2D eigenvalue weighted by atomic mass is 16.5. The van der Waals surface area contributed by atoms with Gasteiger partial charge >= 0.3 is 0 Å². The fourth-order valence-electron chi connectivity index (χ4n) is 2.00. The average Bonchev–Trinajstić information content (AvgIpc) is 2.46. The Labute approximate surface area is 108 Å². The lowest BCUT2D eigenvalue weighted by Gasteiger charge is -2.22. The van der Waals surface area contributed by atoms with E-state index in [1.165, 1.54) is 0 Å². The Morgan fingerprint density at radius 2 is 2.11 bits per heavy atom. The molecule has 1 aliphatic heterocycles. The fourth-order valence-corrected chi connectivity index (χ4v) is 2.00. The second-order valence-corrected chi connectivity index (χ2v) is 4.38. The zero-order chi connectivity index (χ0) is 12.8. The summed E-state index contributed by atoms with van der Waals surface area (Å²) in [5.74, 6) is 4.59. The molecule has 1 aliphatic rings. The Morgan fingerprint density at radius 1 is 1.33 bits per heavy atom. The van der Waals surface area contributed by atoms with Crippen LogP contribution in [0, 0.1) is 18.3 Å². The fraction of sp³-hybridized carbons (Fsp3) is 0.467. The number of terminal acetylenes is 1. The van der Waals surface area contributed by atoms with Gasteiger partial charge in [-0.05, 0) is 37.0 Å². The van der Waals surface area contributed by atoms with Crippen molar-refractivity contribution >= 4 is 0 Å². The topological polar surface area (TPSA) is 27.7 Å². The molecule has 0 bridgehead atoms. The van der Waals surface area contributed by atoms with Crippen molar-refractivity contribution in [3.05, 3.63) is 23.8 Å². The molecule has 1 aromatic carbocycles. The molecule has 0 N–H and O–H groups in total. The van der Waals surface area contributed by atoms with E-state index in [0.29, 0.717) is 18.3 Å². The number of rotatable bonds is 4. The molecule has 1 fully saturated rings. The molecule has 96 valence electrons. The molecular formula is C15H18O3. The molecule has 0 amide bonds. The van der Waals surface area contributed by atoms with Crippen LogP contribution in [0.1, 0.15) is 18.4 Å². The van der Waals surface area contributed by atoms with Crippen LogP contribution in [0.15, 0.2) is 18.2 Å². The highest BCUT2D eigenvalue weighted by Crippen LogP contribution is 2.29. The third-order valence-electron chi connectivity index (χ3n) is 3.15. The van der Waals surface area contributed by atoms with Crippen molar-refractivity contribution < 1.29 is 14.2 Å². The van der Waals surface area contributed by atoms with Gasteiger partial charge in [-0.3, -0.25) is 0 Å². The summed E-state index contributed by atoms with van der Waals surface area (Å²) in [6.45, 7) is 2.37. The van der Waals surface area contributed by atoms with Crippen molar-refractivity contribution in [2.24, 2.45) is 5.92 Å². The summed E-state index contributed by atoms with van der Waals surface area (Å²) in [6, 6.07) is 5.55. The van der Waals surface area contributed by atoms with E-state index < -0.39 is 0 Å². The third kappa shape index (κ3) is 3.18. The zero-order valence-corrected chi connectivity index (χ0v) is 10.6. The van der Waals surface area contributed by atoms with E-state index in [1.807, 2.05) is 18.2 Å². The lowest BCUT2D eigenvalue weighted by molar-refractivity contribution is 0.0493. The third-order valence-corrected chi connectivity index (χ3v) is 3.15. The number of hydrogen-bond acceptors (Lipinski definition) is 3. The van der Waals surface area contributed by atoms with E-state index in [1.54, 1.807) is 7.11 Å². The van der Waals surface area contributed by atoms with Crippen LogP contribution in [0.25, 0.3) is 0 Å². The summed E-state index contributed by atoms with van der Waals surface area (Å²) in [4.78, 5) is 0. The summed E-state index contributed by atoms with van der Waals surface area (Å²) in [5.41, 5.74) is 0.797. The Balaban J connectivity index is 1.98. The van der Waals surface area contributed by atoms with Gasteiger partial charge < -0.3 is 14.2 Å². The van der Waals surface area contributed by atoms with E-state index in [2.05, 4.69) is 5.92 Å². The number of methoxy groups -OCH3 is 1. The summed E-state index contributed by atoms with van der Waals surface area (Å²) in [6.07, 6.45) is 7.47. The molecule has 1 aromatic rings. The lowest BCUT2D eigenvalue weighted by atomic mass is 10.0. The number of benzene rings is 1. The Hall–Kier alpha value is -1.66. The second kappa shape index (κ2) is 6.32.